The molecule has 0 spiro atoms. The van der Waals surface area contributed by atoms with Crippen molar-refractivity contribution in [2.45, 2.75) is 26.3 Å². The molecule has 0 amide bonds. The minimum Gasteiger partial charge on any atom is -0.497 e. The Kier molecular flexibility index (Phi) is 4.71. The van der Waals surface area contributed by atoms with Gasteiger partial charge in [0, 0.05) is 29.9 Å². The van der Waals surface area contributed by atoms with Crippen molar-refractivity contribution in [3.05, 3.63) is 51.5 Å². The predicted molar refractivity (Wildman–Crippen MR) is 119 cm³/mol. The summed E-state index contributed by atoms with van der Waals surface area (Å²) >= 11 is 0. The van der Waals surface area contributed by atoms with Gasteiger partial charge in [0.05, 0.1) is 24.6 Å². The second kappa shape index (κ2) is 6.94. The fourth-order valence-electron chi connectivity index (χ4n) is 3.56. The molecule has 0 unspecified atom stereocenters. The van der Waals surface area contributed by atoms with Gasteiger partial charge >= 0.3 is 0 Å². The first-order valence-electron chi connectivity index (χ1n) is 9.12. The number of fused-ring (bicyclic) bond motifs is 3. The van der Waals surface area contributed by atoms with E-state index in [0.29, 0.717) is 5.75 Å². The van der Waals surface area contributed by atoms with E-state index in [1.807, 2.05) is 28.5 Å². The number of ether oxygens (including phenoxy) is 2. The summed E-state index contributed by atoms with van der Waals surface area (Å²) in [6.07, 6.45) is 0. The lowest BCUT2D eigenvalue weighted by Gasteiger charge is -2.42. The molecule has 0 N–H and O–H groups in total. The van der Waals surface area contributed by atoms with Crippen LogP contribution in [-0.2, 0) is 5.54 Å². The Balaban J connectivity index is 1.98. The van der Waals surface area contributed by atoms with E-state index < -0.39 is 0 Å². The van der Waals surface area contributed by atoms with Crippen LogP contribution in [0.15, 0.2) is 41.4 Å². The van der Waals surface area contributed by atoms with Gasteiger partial charge in [0.2, 0.25) is 0 Å². The maximum atomic E-state index is 5.55. The Morgan fingerprint density at radius 1 is 1.00 bits per heavy atom. The number of rotatable bonds is 3. The Morgan fingerprint density at radius 3 is 2.50 bits per heavy atom. The Hall–Kier alpha value is -2.31. The van der Waals surface area contributed by atoms with Crippen molar-refractivity contribution in [3.63, 3.8) is 0 Å². The Labute approximate surface area is 173 Å². The van der Waals surface area contributed by atoms with Gasteiger partial charge in [0.25, 0.3) is 0 Å². The molecule has 0 saturated carbocycles. The third-order valence-electron chi connectivity index (χ3n) is 5.43. The molecule has 2 heterocycles. The summed E-state index contributed by atoms with van der Waals surface area (Å²) in [6.45, 7) is 6.68. The van der Waals surface area contributed by atoms with Crippen molar-refractivity contribution >= 4 is 32.1 Å². The molecule has 2 aromatic carbocycles. The van der Waals surface area contributed by atoms with E-state index in [4.69, 9.17) is 14.5 Å². The zero-order valence-electron chi connectivity index (χ0n) is 17.0. The van der Waals surface area contributed by atoms with E-state index in [2.05, 4.69) is 50.9 Å². The Bertz CT molecular complexity index is 1110. The molecule has 28 heavy (non-hydrogen) atoms. The van der Waals surface area contributed by atoms with Crippen molar-refractivity contribution < 1.29 is 9.47 Å². The number of anilines is 1. The molecule has 4 nitrogen and oxygen atoms in total. The largest absolute Gasteiger partial charge is 0.497 e. The minimum atomic E-state index is -0.0868. The topological polar surface area (TPSA) is 34.1 Å². The molecule has 0 saturated heterocycles. The molecule has 0 radical (unpaired) electrons. The van der Waals surface area contributed by atoms with Crippen LogP contribution in [0.4, 0.5) is 11.4 Å². The van der Waals surface area contributed by atoms with E-state index in [1.54, 1.807) is 24.6 Å². The van der Waals surface area contributed by atoms with Crippen LogP contribution in [0.3, 0.4) is 0 Å². The SMILES string of the molecule is COc1ccc(N=c2ssc3c2-c2cc(C)ccc2N(C)C3(C)C)c(OC)c1. The number of benzene rings is 2. The van der Waals surface area contributed by atoms with Gasteiger partial charge in [-0.15, -0.1) is 0 Å². The zero-order chi connectivity index (χ0) is 20.1. The third-order valence-corrected chi connectivity index (χ3v) is 8.06. The number of hydrogen-bond donors (Lipinski definition) is 0. The van der Waals surface area contributed by atoms with Gasteiger partial charge in [-0.2, -0.15) is 0 Å². The van der Waals surface area contributed by atoms with Crippen LogP contribution in [0.2, 0.25) is 0 Å². The highest BCUT2D eigenvalue weighted by Crippen LogP contribution is 2.49. The molecule has 1 aromatic heterocycles. The zero-order valence-corrected chi connectivity index (χ0v) is 18.6. The predicted octanol–water partition coefficient (Wildman–Crippen LogP) is 5.72. The first-order valence-corrected chi connectivity index (χ1v) is 11.3. The molecule has 1 aliphatic rings. The van der Waals surface area contributed by atoms with Gasteiger partial charge < -0.3 is 14.4 Å². The standard InChI is InChI=1S/C22H24N2O2S2/c1-13-7-10-17-15(11-13)19-20(22(2,3)24(17)4)27-28-21(19)23-16-9-8-14(25-5)12-18(16)26-6/h7-12H,1-6H3. The summed E-state index contributed by atoms with van der Waals surface area (Å²) in [4.78, 5) is 8.73. The smallest absolute Gasteiger partial charge is 0.148 e. The highest BCUT2D eigenvalue weighted by molar-refractivity contribution is 7.68. The summed E-state index contributed by atoms with van der Waals surface area (Å²) in [5, 5.41) is 0. The highest BCUT2D eigenvalue weighted by atomic mass is 32.9. The third kappa shape index (κ3) is 2.91. The van der Waals surface area contributed by atoms with Gasteiger partial charge in [-0.25, -0.2) is 4.99 Å². The van der Waals surface area contributed by atoms with Gasteiger partial charge in [-0.05, 0) is 45.0 Å². The Morgan fingerprint density at radius 2 is 1.79 bits per heavy atom. The molecule has 3 aromatic rings. The molecular formula is C22H24N2O2S2. The number of hydrogen-bond acceptors (Lipinski definition) is 6. The van der Waals surface area contributed by atoms with Gasteiger partial charge in [-0.1, -0.05) is 32.3 Å². The summed E-state index contributed by atoms with van der Waals surface area (Å²) in [6, 6.07) is 12.4. The van der Waals surface area contributed by atoms with Crippen molar-refractivity contribution in [1.29, 1.82) is 0 Å². The molecular weight excluding hydrogens is 388 g/mol. The van der Waals surface area contributed by atoms with Crippen LogP contribution in [-0.4, -0.2) is 21.3 Å². The fraction of sp³-hybridized carbons (Fsp3) is 0.318. The second-order valence-corrected chi connectivity index (χ2v) is 9.59. The molecule has 0 aliphatic carbocycles. The second-order valence-electron chi connectivity index (χ2n) is 7.46. The first kappa shape index (κ1) is 19.0. The molecule has 0 bridgehead atoms. The molecule has 146 valence electrons. The monoisotopic (exact) mass is 412 g/mol. The van der Waals surface area contributed by atoms with Crippen molar-refractivity contribution in [2.75, 3.05) is 26.2 Å². The van der Waals surface area contributed by atoms with E-state index in [-0.39, 0.29) is 5.54 Å². The maximum absolute atomic E-state index is 5.55. The first-order chi connectivity index (χ1) is 13.4. The van der Waals surface area contributed by atoms with Crippen LogP contribution in [0.1, 0.15) is 24.3 Å². The molecule has 1 aliphatic heterocycles. The van der Waals surface area contributed by atoms with Crippen LogP contribution in [0, 0.1) is 6.92 Å². The van der Waals surface area contributed by atoms with Crippen LogP contribution < -0.4 is 19.0 Å². The summed E-state index contributed by atoms with van der Waals surface area (Å²) in [5.41, 5.74) is 5.71. The lowest BCUT2D eigenvalue weighted by molar-refractivity contribution is 0.395. The van der Waals surface area contributed by atoms with Crippen LogP contribution in [0.25, 0.3) is 11.1 Å². The highest BCUT2D eigenvalue weighted by Gasteiger charge is 2.37. The van der Waals surface area contributed by atoms with Crippen molar-refractivity contribution in [3.8, 4) is 22.6 Å². The van der Waals surface area contributed by atoms with E-state index >= 15 is 0 Å². The van der Waals surface area contributed by atoms with Crippen molar-refractivity contribution in [2.24, 2.45) is 4.99 Å². The number of aryl methyl sites for hydroxylation is 1. The minimum absolute atomic E-state index is 0.0868. The normalized spacial score (nSPS) is 15.2. The molecule has 0 fully saturated rings. The average molecular weight is 413 g/mol. The molecule has 4 rings (SSSR count). The lowest BCUT2D eigenvalue weighted by Crippen LogP contribution is -2.41. The van der Waals surface area contributed by atoms with Gasteiger partial charge in [-0.3, -0.25) is 0 Å². The van der Waals surface area contributed by atoms with Crippen LogP contribution >= 0.6 is 20.7 Å². The average Bonchev–Trinajstić information content (AvgIpc) is 3.11. The summed E-state index contributed by atoms with van der Waals surface area (Å²) < 4.78 is 11.9. The van der Waals surface area contributed by atoms with Crippen LogP contribution in [0.5, 0.6) is 11.5 Å². The maximum Gasteiger partial charge on any atom is 0.148 e. The molecule has 0 atom stereocenters. The lowest BCUT2D eigenvalue weighted by atomic mass is 9.87. The van der Waals surface area contributed by atoms with E-state index in [0.717, 1.165) is 16.1 Å². The summed E-state index contributed by atoms with van der Waals surface area (Å²) in [7, 11) is 9.03. The van der Waals surface area contributed by atoms with E-state index in [1.165, 1.54) is 27.3 Å². The number of nitrogens with zero attached hydrogens (tertiary/aromatic N) is 2. The van der Waals surface area contributed by atoms with Gasteiger partial charge in [0.15, 0.2) is 0 Å². The quantitative estimate of drug-likeness (QED) is 0.516. The fourth-order valence-corrected chi connectivity index (χ4v) is 6.56. The van der Waals surface area contributed by atoms with Gasteiger partial charge in [0.1, 0.15) is 21.9 Å². The van der Waals surface area contributed by atoms with E-state index in [9.17, 15) is 0 Å². The number of methoxy groups -OCH3 is 2. The molecule has 6 heteroatoms. The van der Waals surface area contributed by atoms with Crippen molar-refractivity contribution in [1.82, 2.24) is 0 Å². The summed E-state index contributed by atoms with van der Waals surface area (Å²) in [5.74, 6) is 1.47.